The van der Waals surface area contributed by atoms with Gasteiger partial charge >= 0.3 is 5.17 Å². The molecule has 0 aliphatic carbocycles. The number of rotatable bonds is 3. The standard InChI is InChI=1S/C21H33N4S2/c1-20(2,3)16-14(26-18(22-16)24(7)8)12-11-13-15-17(21(4,5)6)23-19(27-15)25(9)10/h11-13H,1-10H3/q+1. The Kier molecular flexibility index (Phi) is 6.42. The minimum absolute atomic E-state index is 0.0174. The van der Waals surface area contributed by atoms with Gasteiger partial charge in [0.15, 0.2) is 10.8 Å². The van der Waals surface area contributed by atoms with Crippen molar-refractivity contribution in [3.8, 4) is 0 Å². The number of aromatic nitrogens is 1. The molecule has 0 saturated heterocycles. The number of hydrogen-bond acceptors (Lipinski definition) is 4. The van der Waals surface area contributed by atoms with Crippen LogP contribution in [0.5, 0.6) is 0 Å². The van der Waals surface area contributed by atoms with Gasteiger partial charge in [-0.3, -0.25) is 4.58 Å². The lowest BCUT2D eigenvalue weighted by atomic mass is 9.89. The summed E-state index contributed by atoms with van der Waals surface area (Å²) >= 11 is 3.47. The molecule has 4 nitrogen and oxygen atoms in total. The van der Waals surface area contributed by atoms with Crippen LogP contribution in [-0.2, 0) is 5.41 Å². The van der Waals surface area contributed by atoms with E-state index in [1.165, 1.54) is 9.78 Å². The summed E-state index contributed by atoms with van der Waals surface area (Å²) in [6, 6.07) is 0. The van der Waals surface area contributed by atoms with E-state index in [1.807, 2.05) is 28.2 Å². The van der Waals surface area contributed by atoms with Gasteiger partial charge in [-0.05, 0) is 17.1 Å². The first-order valence-electron chi connectivity index (χ1n) is 9.19. The molecule has 0 amide bonds. The van der Waals surface area contributed by atoms with Gasteiger partial charge in [-0.2, -0.15) is 0 Å². The number of amidine groups is 1. The summed E-state index contributed by atoms with van der Waals surface area (Å²) in [5.41, 5.74) is 2.33. The first kappa shape index (κ1) is 21.9. The van der Waals surface area contributed by atoms with Crippen molar-refractivity contribution in [2.75, 3.05) is 33.1 Å². The third-order valence-corrected chi connectivity index (χ3v) is 6.34. The third-order valence-electron chi connectivity index (χ3n) is 3.97. The largest absolute Gasteiger partial charge is 0.359 e. The van der Waals surface area contributed by atoms with Gasteiger partial charge in [0.2, 0.25) is 0 Å². The second kappa shape index (κ2) is 7.92. The van der Waals surface area contributed by atoms with Crippen molar-refractivity contribution in [2.45, 2.75) is 47.0 Å². The van der Waals surface area contributed by atoms with Crippen molar-refractivity contribution in [3.63, 3.8) is 0 Å². The molecule has 0 N–H and O–H groups in total. The van der Waals surface area contributed by atoms with E-state index >= 15 is 0 Å². The summed E-state index contributed by atoms with van der Waals surface area (Å²) in [5.74, 6) is 0. The van der Waals surface area contributed by atoms with Crippen LogP contribution in [-0.4, -0.2) is 48.6 Å². The van der Waals surface area contributed by atoms with Gasteiger partial charge in [0, 0.05) is 36.7 Å². The fourth-order valence-corrected chi connectivity index (χ4v) is 4.77. The Balaban J connectivity index is 2.39. The Morgan fingerprint density at radius 3 is 2.11 bits per heavy atom. The summed E-state index contributed by atoms with van der Waals surface area (Å²) < 4.78 is 2.07. The van der Waals surface area contributed by atoms with E-state index in [-0.39, 0.29) is 10.8 Å². The van der Waals surface area contributed by atoms with Crippen LogP contribution in [0.1, 0.15) is 52.1 Å². The van der Waals surface area contributed by atoms with E-state index in [9.17, 15) is 0 Å². The Bertz CT molecular complexity index is 821. The van der Waals surface area contributed by atoms with Gasteiger partial charge in [0.05, 0.1) is 29.6 Å². The van der Waals surface area contributed by atoms with Crippen LogP contribution in [0.2, 0.25) is 0 Å². The van der Waals surface area contributed by atoms with E-state index in [1.54, 1.807) is 23.1 Å². The normalized spacial score (nSPS) is 17.2. The summed E-state index contributed by atoms with van der Waals surface area (Å²) in [6.45, 7) is 13.3. The second-order valence-corrected chi connectivity index (χ2v) is 11.3. The van der Waals surface area contributed by atoms with Gasteiger partial charge in [-0.25, -0.2) is 4.98 Å². The molecule has 0 aromatic carbocycles. The molecule has 1 aliphatic heterocycles. The summed E-state index contributed by atoms with van der Waals surface area (Å²) in [4.78, 5) is 14.2. The molecule has 0 fully saturated rings. The monoisotopic (exact) mass is 405 g/mol. The number of hydrogen-bond donors (Lipinski definition) is 0. The number of allylic oxidation sites excluding steroid dienone is 3. The predicted molar refractivity (Wildman–Crippen MR) is 124 cm³/mol. The fraction of sp³-hybridized carbons (Fsp3) is 0.571. The molecule has 6 heteroatoms. The average molecular weight is 406 g/mol. The third kappa shape index (κ3) is 5.32. The Morgan fingerprint density at radius 2 is 1.63 bits per heavy atom. The smallest absolute Gasteiger partial charge is 0.354 e. The molecule has 0 atom stereocenters. The van der Waals surface area contributed by atoms with Gasteiger partial charge in [0.1, 0.15) is 0 Å². The van der Waals surface area contributed by atoms with Crippen LogP contribution in [0, 0.1) is 5.41 Å². The van der Waals surface area contributed by atoms with Gasteiger partial charge in [0.25, 0.3) is 0 Å². The lowest BCUT2D eigenvalue weighted by molar-refractivity contribution is -0.462. The lowest BCUT2D eigenvalue weighted by Gasteiger charge is -2.16. The minimum Gasteiger partial charge on any atom is -0.354 e. The topological polar surface area (TPSA) is 31.5 Å². The van der Waals surface area contributed by atoms with Crippen molar-refractivity contribution in [1.82, 2.24) is 4.98 Å². The van der Waals surface area contributed by atoms with Gasteiger partial charge < -0.3 is 4.90 Å². The van der Waals surface area contributed by atoms with E-state index in [2.05, 4.69) is 69.2 Å². The highest BCUT2D eigenvalue weighted by Gasteiger charge is 2.36. The zero-order chi connectivity index (χ0) is 20.6. The SMILES string of the molecule is CN(C)c1nc(C(C)(C)C)c(/C=C/C=C2/SC(=[N+](C)C)N=C2C(C)(C)C)s1. The Morgan fingerprint density at radius 1 is 1.00 bits per heavy atom. The number of nitrogens with zero attached hydrogens (tertiary/aromatic N) is 4. The minimum atomic E-state index is 0.0174. The lowest BCUT2D eigenvalue weighted by Crippen LogP contribution is -2.19. The van der Waals surface area contributed by atoms with Crippen LogP contribution in [0.25, 0.3) is 6.08 Å². The highest BCUT2D eigenvalue weighted by molar-refractivity contribution is 8.18. The molecular formula is C21H33N4S2+. The Hall–Kier alpha value is -1.40. The van der Waals surface area contributed by atoms with Gasteiger partial charge in [-0.15, -0.1) is 0 Å². The molecule has 1 aromatic heterocycles. The first-order valence-corrected chi connectivity index (χ1v) is 10.8. The van der Waals surface area contributed by atoms with Crippen LogP contribution in [0.4, 0.5) is 5.13 Å². The molecule has 0 bridgehead atoms. The number of thioether (sulfide) groups is 1. The summed E-state index contributed by atoms with van der Waals surface area (Å²) in [5, 5.41) is 2.09. The molecule has 1 aromatic rings. The molecule has 2 rings (SSSR count). The molecular weight excluding hydrogens is 372 g/mol. The molecule has 0 unspecified atom stereocenters. The van der Waals surface area contributed by atoms with E-state index < -0.39 is 0 Å². The zero-order valence-electron chi connectivity index (χ0n) is 18.3. The molecule has 27 heavy (non-hydrogen) atoms. The maximum atomic E-state index is 4.85. The van der Waals surface area contributed by atoms with Crippen molar-refractivity contribution in [2.24, 2.45) is 10.4 Å². The van der Waals surface area contributed by atoms with Crippen molar-refractivity contribution in [1.29, 1.82) is 0 Å². The quantitative estimate of drug-likeness (QED) is 0.642. The van der Waals surface area contributed by atoms with Crippen molar-refractivity contribution < 1.29 is 4.58 Å². The van der Waals surface area contributed by atoms with Gasteiger partial charge in [-0.1, -0.05) is 59.0 Å². The van der Waals surface area contributed by atoms with Crippen molar-refractivity contribution in [3.05, 3.63) is 27.6 Å². The maximum absolute atomic E-state index is 4.85. The van der Waals surface area contributed by atoms with E-state index in [0.29, 0.717) is 0 Å². The molecule has 1 aliphatic rings. The van der Waals surface area contributed by atoms with Crippen LogP contribution >= 0.6 is 23.1 Å². The summed E-state index contributed by atoms with van der Waals surface area (Å²) in [7, 11) is 8.17. The van der Waals surface area contributed by atoms with E-state index in [0.717, 1.165) is 21.7 Å². The van der Waals surface area contributed by atoms with Crippen LogP contribution in [0.3, 0.4) is 0 Å². The van der Waals surface area contributed by atoms with Crippen molar-refractivity contribution >= 4 is 45.2 Å². The molecule has 0 saturated carbocycles. The first-order chi connectivity index (χ1) is 12.3. The average Bonchev–Trinajstić information content (AvgIpc) is 3.10. The molecule has 148 valence electrons. The molecule has 0 spiro atoms. The number of anilines is 1. The second-order valence-electron chi connectivity index (χ2n) is 9.23. The number of aliphatic imine (C=N–C) groups is 1. The van der Waals surface area contributed by atoms with Crippen LogP contribution in [0.15, 0.2) is 22.0 Å². The Labute approximate surface area is 172 Å². The molecule has 0 radical (unpaired) electrons. The summed E-state index contributed by atoms with van der Waals surface area (Å²) in [6.07, 6.45) is 6.52. The fourth-order valence-electron chi connectivity index (χ4n) is 2.55. The maximum Gasteiger partial charge on any atom is 0.359 e. The predicted octanol–water partition coefficient (Wildman–Crippen LogP) is 5.27. The highest BCUT2D eigenvalue weighted by Crippen LogP contribution is 2.37. The van der Waals surface area contributed by atoms with E-state index in [4.69, 9.17) is 9.98 Å². The zero-order valence-corrected chi connectivity index (χ0v) is 20.0. The molecule has 2 heterocycles. The highest BCUT2D eigenvalue weighted by atomic mass is 32.2. The van der Waals surface area contributed by atoms with Crippen LogP contribution < -0.4 is 4.90 Å². The number of thiazole rings is 1.